The summed E-state index contributed by atoms with van der Waals surface area (Å²) >= 11 is 0. The second-order valence-corrected chi connectivity index (χ2v) is 12.9. The van der Waals surface area contributed by atoms with Crippen molar-refractivity contribution in [3.63, 3.8) is 0 Å². The number of hydrogen-bond donors (Lipinski definition) is 1. The molecule has 0 radical (unpaired) electrons. The van der Waals surface area contributed by atoms with E-state index < -0.39 is 33.7 Å². The highest BCUT2D eigenvalue weighted by molar-refractivity contribution is 7.89. The normalized spacial score (nSPS) is 16.2. The van der Waals surface area contributed by atoms with Crippen LogP contribution in [-0.4, -0.2) is 67.7 Å². The Hall–Kier alpha value is -3.45. The third-order valence-corrected chi connectivity index (χ3v) is 9.39. The summed E-state index contributed by atoms with van der Waals surface area (Å²) in [7, 11) is -4.38. The van der Waals surface area contributed by atoms with Gasteiger partial charge in [0.1, 0.15) is 6.04 Å². The molecule has 0 spiro atoms. The Morgan fingerprint density at radius 3 is 2.18 bits per heavy atom. The lowest BCUT2D eigenvalue weighted by molar-refractivity contribution is -0.143. The number of carbonyl (C=O) groups excluding carboxylic acids is 3. The number of rotatable bonds is 13. The molecule has 1 aliphatic rings. The molecular weight excluding hydrogens is 599 g/mol. The number of unbranched alkanes of at least 4 members (excludes halogenated alkanes) is 2. The van der Waals surface area contributed by atoms with Gasteiger partial charge in [0.15, 0.2) is 0 Å². The minimum Gasteiger partial charge on any atom is -0.466 e. The maximum atomic E-state index is 13.6. The van der Waals surface area contributed by atoms with Gasteiger partial charge >= 0.3 is 12.1 Å². The molecule has 1 N–H and O–H groups in total. The lowest BCUT2D eigenvalue weighted by Crippen LogP contribution is -2.61. The first kappa shape index (κ1) is 35.0. The van der Waals surface area contributed by atoms with Gasteiger partial charge in [0.05, 0.1) is 17.1 Å². The average molecular weight is 640 g/mol. The quantitative estimate of drug-likeness (QED) is 0.248. The second-order valence-electron chi connectivity index (χ2n) is 11.0. The van der Waals surface area contributed by atoms with E-state index >= 15 is 0 Å². The first-order valence-corrected chi connectivity index (χ1v) is 16.2. The number of sulfonamides is 1. The minimum absolute atomic E-state index is 0.0158. The van der Waals surface area contributed by atoms with Gasteiger partial charge in [0, 0.05) is 39.0 Å². The van der Waals surface area contributed by atoms with E-state index in [2.05, 4.69) is 19.2 Å². The van der Waals surface area contributed by atoms with Crippen molar-refractivity contribution >= 4 is 27.8 Å². The van der Waals surface area contributed by atoms with E-state index in [4.69, 9.17) is 4.74 Å². The van der Waals surface area contributed by atoms with E-state index in [0.717, 1.165) is 27.6 Å². The standard InChI is InChI=1S/C31H40F3N3O6S/c1-4-43-29(39)9-7-5-6-8-28(38)36-18-19-37(44(41,42)26-16-14-25(15-17-26)31(32,33)34)27(21-36)30(40)35-20-23-10-12-24(13-11-23)22(2)3/h10-17,22,27H,4-9,18-21H2,1-3H3,(H,35,40)/t27-/m1/s1. The molecule has 44 heavy (non-hydrogen) atoms. The molecule has 0 unspecified atom stereocenters. The summed E-state index contributed by atoms with van der Waals surface area (Å²) in [5, 5.41) is 2.76. The fraction of sp³-hybridized carbons (Fsp3) is 0.516. The van der Waals surface area contributed by atoms with Gasteiger partial charge in [-0.3, -0.25) is 14.4 Å². The van der Waals surface area contributed by atoms with Crippen LogP contribution in [-0.2, 0) is 41.9 Å². The maximum Gasteiger partial charge on any atom is 0.416 e. The molecule has 2 aromatic rings. The van der Waals surface area contributed by atoms with Crippen LogP contribution in [0.15, 0.2) is 53.4 Å². The van der Waals surface area contributed by atoms with Crippen LogP contribution in [0.25, 0.3) is 0 Å². The zero-order valence-electron chi connectivity index (χ0n) is 25.2. The predicted molar refractivity (Wildman–Crippen MR) is 158 cm³/mol. The van der Waals surface area contributed by atoms with Crippen LogP contribution >= 0.6 is 0 Å². The van der Waals surface area contributed by atoms with Gasteiger partial charge in [-0.25, -0.2) is 8.42 Å². The molecule has 0 bridgehead atoms. The Morgan fingerprint density at radius 1 is 0.955 bits per heavy atom. The maximum absolute atomic E-state index is 13.6. The van der Waals surface area contributed by atoms with Crippen molar-refractivity contribution in [3.05, 3.63) is 65.2 Å². The molecule has 0 aliphatic carbocycles. The highest BCUT2D eigenvalue weighted by Crippen LogP contribution is 2.31. The van der Waals surface area contributed by atoms with Crippen molar-refractivity contribution in [2.75, 3.05) is 26.2 Å². The molecule has 3 rings (SSSR count). The summed E-state index contributed by atoms with van der Waals surface area (Å²) < 4.78 is 72.2. The van der Waals surface area contributed by atoms with E-state index in [1.807, 2.05) is 24.3 Å². The lowest BCUT2D eigenvalue weighted by Gasteiger charge is -2.39. The van der Waals surface area contributed by atoms with Gasteiger partial charge in [-0.15, -0.1) is 0 Å². The third kappa shape index (κ3) is 9.52. The van der Waals surface area contributed by atoms with Crippen LogP contribution in [0.5, 0.6) is 0 Å². The van der Waals surface area contributed by atoms with E-state index in [1.54, 1.807) is 6.92 Å². The Morgan fingerprint density at radius 2 is 1.59 bits per heavy atom. The molecule has 1 heterocycles. The fourth-order valence-electron chi connectivity index (χ4n) is 4.89. The molecule has 1 aliphatic heterocycles. The van der Waals surface area contributed by atoms with Crippen molar-refractivity contribution in [1.29, 1.82) is 0 Å². The Kier molecular flexibility index (Phi) is 12.4. The Labute approximate surface area is 256 Å². The number of hydrogen-bond acceptors (Lipinski definition) is 6. The smallest absolute Gasteiger partial charge is 0.416 e. The van der Waals surface area contributed by atoms with E-state index in [9.17, 15) is 36.0 Å². The second kappa shape index (κ2) is 15.5. The van der Waals surface area contributed by atoms with Crippen LogP contribution in [0.4, 0.5) is 13.2 Å². The van der Waals surface area contributed by atoms with Gasteiger partial charge in [-0.2, -0.15) is 17.5 Å². The van der Waals surface area contributed by atoms with Crippen molar-refractivity contribution in [2.45, 2.75) is 82.5 Å². The molecule has 0 saturated carbocycles. The Bertz CT molecular complexity index is 1380. The number of benzene rings is 2. The van der Waals surface area contributed by atoms with Crippen LogP contribution in [0, 0.1) is 0 Å². The molecular formula is C31H40F3N3O6S. The number of halogens is 3. The number of nitrogens with zero attached hydrogens (tertiary/aromatic N) is 2. The van der Waals surface area contributed by atoms with Crippen LogP contribution < -0.4 is 5.32 Å². The summed E-state index contributed by atoms with van der Waals surface area (Å²) in [6, 6.07) is 9.45. The number of piperazine rings is 1. The number of carbonyl (C=O) groups is 3. The summed E-state index contributed by atoms with van der Waals surface area (Å²) in [4.78, 5) is 39.0. The monoisotopic (exact) mass is 639 g/mol. The minimum atomic E-state index is -4.64. The fourth-order valence-corrected chi connectivity index (χ4v) is 6.46. The average Bonchev–Trinajstić information content (AvgIpc) is 2.99. The summed E-state index contributed by atoms with van der Waals surface area (Å²) in [5.74, 6) is -0.852. The van der Waals surface area contributed by atoms with Gasteiger partial charge in [-0.05, 0) is 61.1 Å². The van der Waals surface area contributed by atoms with Crippen LogP contribution in [0.3, 0.4) is 0 Å². The first-order chi connectivity index (χ1) is 20.7. The molecule has 1 saturated heterocycles. The van der Waals surface area contributed by atoms with Crippen LogP contribution in [0.2, 0.25) is 0 Å². The number of nitrogens with one attached hydrogen (secondary N) is 1. The molecule has 242 valence electrons. The zero-order valence-corrected chi connectivity index (χ0v) is 26.0. The largest absolute Gasteiger partial charge is 0.466 e. The number of ether oxygens (including phenoxy) is 1. The highest BCUT2D eigenvalue weighted by Gasteiger charge is 2.41. The van der Waals surface area contributed by atoms with Crippen LogP contribution in [0.1, 0.15) is 75.5 Å². The number of alkyl halides is 3. The predicted octanol–water partition coefficient (Wildman–Crippen LogP) is 4.86. The number of amides is 2. The molecule has 9 nitrogen and oxygen atoms in total. The number of esters is 1. The van der Waals surface area contributed by atoms with Crippen molar-refractivity contribution < 1.29 is 40.7 Å². The topological polar surface area (TPSA) is 113 Å². The van der Waals surface area contributed by atoms with E-state index in [1.165, 1.54) is 4.90 Å². The zero-order chi connectivity index (χ0) is 32.5. The Balaban J connectivity index is 1.73. The summed E-state index contributed by atoms with van der Waals surface area (Å²) in [5.41, 5.74) is 0.926. The molecule has 1 fully saturated rings. The van der Waals surface area contributed by atoms with Crippen molar-refractivity contribution in [1.82, 2.24) is 14.5 Å². The molecule has 0 aromatic heterocycles. The van der Waals surface area contributed by atoms with Crippen molar-refractivity contribution in [2.24, 2.45) is 0 Å². The SMILES string of the molecule is CCOC(=O)CCCCCC(=O)N1CCN(S(=O)(=O)c2ccc(C(F)(F)F)cc2)[C@@H](C(=O)NCc2ccc(C(C)C)cc2)C1. The summed E-state index contributed by atoms with van der Waals surface area (Å²) in [6.45, 7) is 5.86. The van der Waals surface area contributed by atoms with Crippen molar-refractivity contribution in [3.8, 4) is 0 Å². The van der Waals surface area contributed by atoms with Gasteiger partial charge in [-0.1, -0.05) is 44.5 Å². The van der Waals surface area contributed by atoms with Gasteiger partial charge in [0.25, 0.3) is 0 Å². The van der Waals surface area contributed by atoms with Gasteiger partial charge in [0.2, 0.25) is 21.8 Å². The lowest BCUT2D eigenvalue weighted by atomic mass is 10.0. The third-order valence-electron chi connectivity index (χ3n) is 7.46. The van der Waals surface area contributed by atoms with E-state index in [0.29, 0.717) is 43.9 Å². The molecule has 1 atom stereocenters. The molecule has 13 heteroatoms. The highest BCUT2D eigenvalue weighted by atomic mass is 32.2. The molecule has 2 amide bonds. The van der Waals surface area contributed by atoms with Gasteiger partial charge < -0.3 is 15.0 Å². The molecule has 2 aromatic carbocycles. The first-order valence-electron chi connectivity index (χ1n) is 14.7. The van der Waals surface area contributed by atoms with E-state index in [-0.39, 0.29) is 55.8 Å². The summed E-state index contributed by atoms with van der Waals surface area (Å²) in [6.07, 6.45) is -2.54.